The molecule has 2 heterocycles. The highest BCUT2D eigenvalue weighted by Crippen LogP contribution is 2.36. The molecule has 3 rings (SSSR count). The normalized spacial score (nSPS) is 22.7. The third-order valence-corrected chi connectivity index (χ3v) is 4.03. The molecule has 0 saturated carbocycles. The molecule has 0 unspecified atom stereocenters. The number of likely N-dealkylation sites (tertiary alicyclic amines) is 1. The van der Waals surface area contributed by atoms with Gasteiger partial charge in [0.15, 0.2) is 5.82 Å². The van der Waals surface area contributed by atoms with Gasteiger partial charge in [0.2, 0.25) is 0 Å². The Kier molecular flexibility index (Phi) is 4.07. The molecule has 2 aromatic rings. The van der Waals surface area contributed by atoms with Crippen molar-refractivity contribution in [1.29, 1.82) is 0 Å². The lowest BCUT2D eigenvalue weighted by atomic mass is 10.0. The zero-order valence-corrected chi connectivity index (χ0v) is 12.4. The molecule has 9 heteroatoms. The highest BCUT2D eigenvalue weighted by Gasteiger charge is 2.35. The van der Waals surface area contributed by atoms with E-state index in [0.29, 0.717) is 30.9 Å². The number of aliphatic hydroxyl groups is 1. The first-order valence-electron chi connectivity index (χ1n) is 7.15. The van der Waals surface area contributed by atoms with Gasteiger partial charge in [-0.15, -0.1) is 5.10 Å². The number of halogens is 3. The Hall–Kier alpha value is -2.00. The molecule has 0 bridgehead atoms. The molecule has 1 N–H and O–H groups in total. The van der Waals surface area contributed by atoms with Gasteiger partial charge >= 0.3 is 6.18 Å². The number of β-amino-alcohol motifs (C(OH)–C–C–N with tert-alkyl or cyclic N) is 1. The number of alkyl halides is 3. The minimum absolute atomic E-state index is 0.302. The number of tetrazole rings is 1. The minimum Gasteiger partial charge on any atom is -0.392 e. The van der Waals surface area contributed by atoms with Crippen molar-refractivity contribution >= 4 is 0 Å². The first-order chi connectivity index (χ1) is 10.8. The van der Waals surface area contributed by atoms with Crippen molar-refractivity contribution in [3.63, 3.8) is 0 Å². The molecule has 1 saturated heterocycles. The van der Waals surface area contributed by atoms with Crippen molar-refractivity contribution in [3.05, 3.63) is 41.2 Å². The van der Waals surface area contributed by atoms with Gasteiger partial charge < -0.3 is 5.11 Å². The van der Waals surface area contributed by atoms with E-state index >= 15 is 0 Å². The first kappa shape index (κ1) is 15.9. The van der Waals surface area contributed by atoms with Crippen LogP contribution in [0, 0.1) is 0 Å². The molecule has 1 aromatic carbocycles. The molecule has 0 aliphatic carbocycles. The second kappa shape index (κ2) is 5.89. The van der Waals surface area contributed by atoms with Gasteiger partial charge in [0.1, 0.15) is 0 Å². The lowest BCUT2D eigenvalue weighted by molar-refractivity contribution is -0.137. The van der Waals surface area contributed by atoms with Crippen LogP contribution in [-0.2, 0) is 19.8 Å². The molecular formula is C14H16F3N5O. The topological polar surface area (TPSA) is 67.1 Å². The lowest BCUT2D eigenvalue weighted by Gasteiger charge is -2.24. The number of hydrogen-bond acceptors (Lipinski definition) is 5. The standard InChI is InChI=1S/C14H16F3N5O/c1-21-13(18-19-20-21)8-22-7-11(23)6-12(22)9-3-2-4-10(5-9)14(15,16)17/h2-5,11-12,23H,6-8H2,1H3/t11-,12-/m1/s1. The number of aliphatic hydroxyl groups excluding tert-OH is 1. The maximum Gasteiger partial charge on any atom is 0.416 e. The van der Waals surface area contributed by atoms with Crippen LogP contribution >= 0.6 is 0 Å². The highest BCUT2D eigenvalue weighted by atomic mass is 19.4. The summed E-state index contributed by atoms with van der Waals surface area (Å²) in [6, 6.07) is 4.94. The van der Waals surface area contributed by atoms with E-state index in [-0.39, 0.29) is 6.04 Å². The third kappa shape index (κ3) is 3.35. The van der Waals surface area contributed by atoms with Crippen molar-refractivity contribution in [2.45, 2.75) is 31.3 Å². The summed E-state index contributed by atoms with van der Waals surface area (Å²) in [5, 5.41) is 21.1. The van der Waals surface area contributed by atoms with Gasteiger partial charge in [-0.2, -0.15) is 13.2 Å². The van der Waals surface area contributed by atoms with Gasteiger partial charge in [0.05, 0.1) is 18.2 Å². The van der Waals surface area contributed by atoms with Crippen LogP contribution in [0.4, 0.5) is 13.2 Å². The zero-order chi connectivity index (χ0) is 16.6. The number of nitrogens with zero attached hydrogens (tertiary/aromatic N) is 5. The van der Waals surface area contributed by atoms with E-state index in [2.05, 4.69) is 15.5 Å². The van der Waals surface area contributed by atoms with Crippen LogP contribution in [0.1, 0.15) is 29.4 Å². The molecule has 0 radical (unpaired) electrons. The molecule has 6 nitrogen and oxygen atoms in total. The number of aryl methyl sites for hydroxylation is 1. The summed E-state index contributed by atoms with van der Waals surface area (Å²) in [5.41, 5.74) is -0.150. The zero-order valence-electron chi connectivity index (χ0n) is 12.4. The summed E-state index contributed by atoms with van der Waals surface area (Å²) in [4.78, 5) is 1.89. The molecule has 124 valence electrons. The molecule has 2 atom stereocenters. The van der Waals surface area contributed by atoms with Gasteiger partial charge in [0.25, 0.3) is 0 Å². The molecule has 0 amide bonds. The molecule has 1 aliphatic rings. The van der Waals surface area contributed by atoms with E-state index in [1.807, 2.05) is 4.90 Å². The molecule has 1 aliphatic heterocycles. The van der Waals surface area contributed by atoms with Crippen LogP contribution in [0.5, 0.6) is 0 Å². The predicted octanol–water partition coefficient (Wildman–Crippen LogP) is 1.54. The van der Waals surface area contributed by atoms with Gasteiger partial charge in [-0.05, 0) is 34.5 Å². The third-order valence-electron chi connectivity index (χ3n) is 4.03. The smallest absolute Gasteiger partial charge is 0.392 e. The fourth-order valence-electron chi connectivity index (χ4n) is 2.89. The van der Waals surface area contributed by atoms with Crippen molar-refractivity contribution < 1.29 is 18.3 Å². The van der Waals surface area contributed by atoms with E-state index in [4.69, 9.17) is 0 Å². The van der Waals surface area contributed by atoms with Gasteiger partial charge in [-0.25, -0.2) is 4.68 Å². The molecule has 1 fully saturated rings. The summed E-state index contributed by atoms with van der Waals surface area (Å²) < 4.78 is 40.2. The van der Waals surface area contributed by atoms with Crippen molar-refractivity contribution in [2.75, 3.05) is 6.54 Å². The van der Waals surface area contributed by atoms with E-state index in [9.17, 15) is 18.3 Å². The van der Waals surface area contributed by atoms with Gasteiger partial charge in [0, 0.05) is 19.6 Å². The summed E-state index contributed by atoms with van der Waals surface area (Å²) in [5.74, 6) is 0.594. The van der Waals surface area contributed by atoms with E-state index in [0.717, 1.165) is 12.1 Å². The largest absolute Gasteiger partial charge is 0.416 e. The Morgan fingerprint density at radius 2 is 2.13 bits per heavy atom. The molecule has 0 spiro atoms. The van der Waals surface area contributed by atoms with Crippen molar-refractivity contribution in [2.24, 2.45) is 7.05 Å². The van der Waals surface area contributed by atoms with Crippen molar-refractivity contribution in [1.82, 2.24) is 25.1 Å². The monoisotopic (exact) mass is 327 g/mol. The Morgan fingerprint density at radius 1 is 1.35 bits per heavy atom. The van der Waals surface area contributed by atoms with Crippen LogP contribution in [0.2, 0.25) is 0 Å². The summed E-state index contributed by atoms with van der Waals surface area (Å²) >= 11 is 0. The van der Waals surface area contributed by atoms with Crippen LogP contribution < -0.4 is 0 Å². The Bertz CT molecular complexity index is 687. The molecule has 1 aromatic heterocycles. The van der Waals surface area contributed by atoms with Crippen LogP contribution in [0.25, 0.3) is 0 Å². The van der Waals surface area contributed by atoms with E-state index in [1.165, 1.54) is 10.7 Å². The first-order valence-corrected chi connectivity index (χ1v) is 7.15. The second-order valence-corrected chi connectivity index (χ2v) is 5.68. The number of hydrogen-bond donors (Lipinski definition) is 1. The Balaban J connectivity index is 1.86. The SMILES string of the molecule is Cn1nnnc1CN1C[C@H](O)C[C@@H]1c1cccc(C(F)(F)F)c1. The number of rotatable bonds is 3. The van der Waals surface area contributed by atoms with Gasteiger partial charge in [-0.3, -0.25) is 4.90 Å². The van der Waals surface area contributed by atoms with E-state index < -0.39 is 17.8 Å². The van der Waals surface area contributed by atoms with Crippen molar-refractivity contribution in [3.8, 4) is 0 Å². The fourth-order valence-corrected chi connectivity index (χ4v) is 2.89. The Labute approximate surface area is 130 Å². The lowest BCUT2D eigenvalue weighted by Crippen LogP contribution is -2.26. The second-order valence-electron chi connectivity index (χ2n) is 5.68. The predicted molar refractivity (Wildman–Crippen MR) is 74.0 cm³/mol. The highest BCUT2D eigenvalue weighted by molar-refractivity contribution is 5.29. The minimum atomic E-state index is -4.38. The quantitative estimate of drug-likeness (QED) is 0.926. The average molecular weight is 327 g/mol. The summed E-state index contributed by atoms with van der Waals surface area (Å²) in [6.45, 7) is 0.731. The fraction of sp³-hybridized carbons (Fsp3) is 0.500. The summed E-state index contributed by atoms with van der Waals surface area (Å²) in [7, 11) is 1.70. The van der Waals surface area contributed by atoms with Gasteiger partial charge in [-0.1, -0.05) is 12.1 Å². The molecular weight excluding hydrogens is 311 g/mol. The maximum absolute atomic E-state index is 12.9. The maximum atomic E-state index is 12.9. The number of benzene rings is 1. The average Bonchev–Trinajstić information content (AvgIpc) is 3.05. The molecule has 23 heavy (non-hydrogen) atoms. The van der Waals surface area contributed by atoms with Crippen LogP contribution in [0.3, 0.4) is 0 Å². The van der Waals surface area contributed by atoms with Crippen LogP contribution in [0.15, 0.2) is 24.3 Å². The van der Waals surface area contributed by atoms with E-state index in [1.54, 1.807) is 13.1 Å². The van der Waals surface area contributed by atoms with Crippen LogP contribution in [-0.4, -0.2) is 42.9 Å². The number of aromatic nitrogens is 4. The Morgan fingerprint density at radius 3 is 2.78 bits per heavy atom. The summed E-state index contributed by atoms with van der Waals surface area (Å²) in [6.07, 6.45) is -4.59.